The molecule has 2 saturated heterocycles. The fourth-order valence-electron chi connectivity index (χ4n) is 11.2. The highest BCUT2D eigenvalue weighted by Gasteiger charge is 2.64. The third-order valence-electron chi connectivity index (χ3n) is 15.5. The van der Waals surface area contributed by atoms with Crippen molar-refractivity contribution in [3.8, 4) is 0 Å². The molecule has 396 valence electrons. The molecular formula is C54H85N7O10. The number of carbonyl (C=O) groups is 7. The maximum Gasteiger partial charge on any atom is 0.272 e. The first-order valence-corrected chi connectivity index (χ1v) is 26.3. The fraction of sp³-hybridized carbons (Fsp3) is 0.722. The molecule has 0 radical (unpaired) electrons. The molecule has 0 aromatic heterocycles. The molecule has 5 rings (SSSR count). The van der Waals surface area contributed by atoms with Gasteiger partial charge in [0.2, 0.25) is 23.6 Å². The topological polar surface area (TPSA) is 187 Å². The fourth-order valence-corrected chi connectivity index (χ4v) is 11.2. The van der Waals surface area contributed by atoms with E-state index in [1.54, 1.807) is 38.0 Å². The number of likely N-dealkylation sites (tertiary alicyclic amines) is 1. The van der Waals surface area contributed by atoms with Gasteiger partial charge < -0.3 is 29.9 Å². The van der Waals surface area contributed by atoms with Crippen LogP contribution in [0, 0.1) is 23.7 Å². The highest BCUT2D eigenvalue weighted by atomic mass is 16.7. The highest BCUT2D eigenvalue weighted by Crippen LogP contribution is 2.53. The van der Waals surface area contributed by atoms with Gasteiger partial charge in [-0.15, -0.1) is 0 Å². The second kappa shape index (κ2) is 26.3. The van der Waals surface area contributed by atoms with Crippen molar-refractivity contribution < 1.29 is 47.9 Å². The van der Waals surface area contributed by atoms with Gasteiger partial charge in [-0.3, -0.25) is 48.2 Å². The Hall–Kier alpha value is -4.71. The van der Waals surface area contributed by atoms with E-state index in [9.17, 15) is 33.6 Å². The molecule has 1 saturated carbocycles. The Balaban J connectivity index is 1.23. The van der Waals surface area contributed by atoms with Crippen LogP contribution in [0.5, 0.6) is 0 Å². The molecule has 17 heteroatoms. The van der Waals surface area contributed by atoms with Crippen molar-refractivity contribution in [2.75, 3.05) is 61.1 Å². The van der Waals surface area contributed by atoms with Crippen LogP contribution in [0.3, 0.4) is 0 Å². The minimum Gasteiger partial charge on any atom is -0.379 e. The summed E-state index contributed by atoms with van der Waals surface area (Å²) in [4.78, 5) is 108. The van der Waals surface area contributed by atoms with Crippen LogP contribution in [-0.2, 0) is 47.9 Å². The van der Waals surface area contributed by atoms with Gasteiger partial charge in [-0.2, -0.15) is 0 Å². The SMILES string of the molecule is CC[C@H](C)[C@@H]([C@@H](CC(=O)N1CCC[C@H]1[C@H](OC)[C@@H](C)C(=O)NC1(C(=O)N2CCCCO2)C[C@@H]1c1ccccc1)OC)N(C)C(=O)[C@@H](NC(=O)[C@H](C(C)C)N(C)CCCCCCN1C(=O)C=CC1=O)C(C)C. The number of amides is 7. The van der Waals surface area contributed by atoms with Crippen LogP contribution >= 0.6 is 0 Å². The third kappa shape index (κ3) is 13.9. The van der Waals surface area contributed by atoms with Crippen LogP contribution < -0.4 is 10.6 Å². The van der Waals surface area contributed by atoms with Crippen molar-refractivity contribution in [1.29, 1.82) is 0 Å². The maximum absolute atomic E-state index is 14.7. The average Bonchev–Trinajstić information content (AvgIpc) is 3.70. The van der Waals surface area contributed by atoms with E-state index < -0.39 is 47.8 Å². The number of rotatable bonds is 27. The van der Waals surface area contributed by atoms with Crippen molar-refractivity contribution in [3.63, 3.8) is 0 Å². The maximum atomic E-state index is 14.7. The number of methoxy groups -OCH3 is 2. The van der Waals surface area contributed by atoms with Crippen LogP contribution in [0.2, 0.25) is 0 Å². The lowest BCUT2D eigenvalue weighted by Crippen LogP contribution is -2.60. The summed E-state index contributed by atoms with van der Waals surface area (Å²) in [5.41, 5.74) is -0.187. The van der Waals surface area contributed by atoms with Gasteiger partial charge in [-0.1, -0.05) is 98.1 Å². The van der Waals surface area contributed by atoms with Crippen molar-refractivity contribution in [2.24, 2.45) is 23.7 Å². The van der Waals surface area contributed by atoms with Crippen molar-refractivity contribution in [2.45, 2.75) is 167 Å². The molecule has 3 fully saturated rings. The molecule has 7 amide bonds. The number of hydrogen-bond acceptors (Lipinski definition) is 11. The molecule has 1 unspecified atom stereocenters. The summed E-state index contributed by atoms with van der Waals surface area (Å²) < 4.78 is 12.2. The normalized spacial score (nSPS) is 23.2. The number of unbranched alkanes of at least 4 members (excludes halogenated alkanes) is 3. The first-order chi connectivity index (χ1) is 33.8. The molecule has 17 nitrogen and oxygen atoms in total. The van der Waals surface area contributed by atoms with E-state index in [-0.39, 0.29) is 71.4 Å². The molecule has 3 heterocycles. The Labute approximate surface area is 423 Å². The van der Waals surface area contributed by atoms with E-state index >= 15 is 0 Å². The molecule has 0 spiro atoms. The standard InChI is InChI=1S/C54H85N7O10/c1-12-37(6)48(58(9)52(67)46(35(2)3)55-51(66)47(36(4)5)57(8)28-18-13-14-19-29-60-43(62)26-27-44(60)63)42(69-10)33-45(64)59-30-22-25-41(59)49(70-11)38(7)50(65)56-54(53(68)61-31-20-21-32-71-61)34-40(54)39-23-16-15-17-24-39/h15-17,23-24,26-27,35-38,40-42,46-49H,12-14,18-22,25,28-34H2,1-11H3,(H,55,66)(H,56,65)/t37-,38+,40+,41-,42+,46-,47-,48-,49+,54?/m0/s1. The molecule has 4 aliphatic rings. The van der Waals surface area contributed by atoms with E-state index in [2.05, 4.69) is 10.6 Å². The molecular weight excluding hydrogens is 907 g/mol. The molecule has 1 aliphatic carbocycles. The van der Waals surface area contributed by atoms with Crippen LogP contribution in [0.1, 0.15) is 131 Å². The van der Waals surface area contributed by atoms with Crippen molar-refractivity contribution in [1.82, 2.24) is 35.3 Å². The largest absolute Gasteiger partial charge is 0.379 e. The van der Waals surface area contributed by atoms with E-state index in [1.165, 1.54) is 22.1 Å². The molecule has 0 bridgehead atoms. The molecule has 2 N–H and O–H groups in total. The third-order valence-corrected chi connectivity index (χ3v) is 15.5. The van der Waals surface area contributed by atoms with E-state index in [1.807, 2.05) is 83.8 Å². The zero-order valence-corrected chi connectivity index (χ0v) is 44.5. The van der Waals surface area contributed by atoms with E-state index in [0.717, 1.165) is 37.7 Å². The quantitative estimate of drug-likeness (QED) is 0.0884. The van der Waals surface area contributed by atoms with Crippen LogP contribution in [0.4, 0.5) is 0 Å². The highest BCUT2D eigenvalue weighted by molar-refractivity contribution is 6.12. The summed E-state index contributed by atoms with van der Waals surface area (Å²) in [5, 5.41) is 7.70. The van der Waals surface area contributed by atoms with E-state index in [0.29, 0.717) is 64.9 Å². The Morgan fingerprint density at radius 1 is 0.845 bits per heavy atom. The number of carbonyl (C=O) groups excluding carboxylic acids is 7. The van der Waals surface area contributed by atoms with E-state index in [4.69, 9.17) is 14.3 Å². The number of hydroxylamine groups is 2. The second-order valence-electron chi connectivity index (χ2n) is 21.1. The number of hydrogen-bond donors (Lipinski definition) is 2. The number of benzene rings is 1. The number of nitrogens with one attached hydrogen (secondary N) is 2. The average molecular weight is 992 g/mol. The Bertz CT molecular complexity index is 1990. The molecule has 1 aromatic rings. The number of imide groups is 1. The van der Waals surface area contributed by atoms with Crippen LogP contribution in [-0.4, -0.2) is 169 Å². The minimum absolute atomic E-state index is 0.0204. The second-order valence-corrected chi connectivity index (χ2v) is 21.1. The Kier molecular flexibility index (Phi) is 21.2. The predicted octanol–water partition coefficient (Wildman–Crippen LogP) is 5.09. The lowest BCUT2D eigenvalue weighted by atomic mass is 9.89. The van der Waals surface area contributed by atoms with Gasteiger partial charge in [-0.25, -0.2) is 5.06 Å². The zero-order valence-electron chi connectivity index (χ0n) is 44.5. The summed E-state index contributed by atoms with van der Waals surface area (Å²) in [5.74, 6) is -3.10. The lowest BCUT2D eigenvalue weighted by Gasteiger charge is -2.41. The first kappa shape index (κ1) is 57.2. The summed E-state index contributed by atoms with van der Waals surface area (Å²) >= 11 is 0. The Morgan fingerprint density at radius 2 is 1.52 bits per heavy atom. The smallest absolute Gasteiger partial charge is 0.272 e. The molecule has 3 aliphatic heterocycles. The van der Waals surface area contributed by atoms with Gasteiger partial charge in [0.25, 0.3) is 17.7 Å². The van der Waals surface area contributed by atoms with Gasteiger partial charge in [-0.05, 0) is 81.9 Å². The van der Waals surface area contributed by atoms with Crippen molar-refractivity contribution >= 4 is 41.4 Å². The summed E-state index contributed by atoms with van der Waals surface area (Å²) in [6.45, 7) is 16.1. The lowest BCUT2D eigenvalue weighted by molar-refractivity contribution is -0.200. The number of likely N-dealkylation sites (N-methyl/N-ethyl adjacent to an activating group) is 2. The molecule has 10 atom stereocenters. The minimum atomic E-state index is -1.15. The van der Waals surface area contributed by atoms with Gasteiger partial charge in [0, 0.05) is 59.0 Å². The Morgan fingerprint density at radius 3 is 2.11 bits per heavy atom. The first-order valence-electron chi connectivity index (χ1n) is 26.3. The van der Waals surface area contributed by atoms with Gasteiger partial charge in [0.05, 0.1) is 49.3 Å². The van der Waals surface area contributed by atoms with Gasteiger partial charge in [0.15, 0.2) is 0 Å². The monoisotopic (exact) mass is 992 g/mol. The zero-order chi connectivity index (χ0) is 52.2. The number of nitrogens with zero attached hydrogens (tertiary/aromatic N) is 5. The number of ether oxygens (including phenoxy) is 2. The van der Waals surface area contributed by atoms with Crippen LogP contribution in [0.15, 0.2) is 42.5 Å². The van der Waals surface area contributed by atoms with Gasteiger partial charge in [0.1, 0.15) is 11.6 Å². The van der Waals surface area contributed by atoms with Gasteiger partial charge >= 0.3 is 0 Å². The summed E-state index contributed by atoms with van der Waals surface area (Å²) in [7, 11) is 6.76. The molecule has 71 heavy (non-hydrogen) atoms. The predicted molar refractivity (Wildman–Crippen MR) is 270 cm³/mol. The van der Waals surface area contributed by atoms with Crippen LogP contribution in [0.25, 0.3) is 0 Å². The molecule has 1 aromatic carbocycles. The summed E-state index contributed by atoms with van der Waals surface area (Å²) in [6, 6.07) is 7.46. The van der Waals surface area contributed by atoms with Crippen molar-refractivity contribution in [3.05, 3.63) is 48.0 Å². The summed E-state index contributed by atoms with van der Waals surface area (Å²) in [6.07, 6.45) is 8.63.